The van der Waals surface area contributed by atoms with Crippen LogP contribution in [0.15, 0.2) is 21.0 Å². The van der Waals surface area contributed by atoms with Crippen LogP contribution in [0.25, 0.3) is 11.0 Å². The summed E-state index contributed by atoms with van der Waals surface area (Å²) in [6.07, 6.45) is 0. The topological polar surface area (TPSA) is 70.7 Å². The number of aromatic hydroxyl groups is 1. The Morgan fingerprint density at radius 1 is 1.47 bits per heavy atom. The molecule has 2 N–H and O–H groups in total. The summed E-state index contributed by atoms with van der Waals surface area (Å²) in [5.41, 5.74) is 0.370. The minimum Gasteiger partial charge on any atom is -0.506 e. The van der Waals surface area contributed by atoms with Crippen molar-refractivity contribution in [2.75, 3.05) is 0 Å². The molecule has 0 fully saturated rings. The van der Waals surface area contributed by atoms with E-state index in [2.05, 4.69) is 15.9 Å². The molecule has 0 amide bonds. The first-order chi connectivity index (χ1) is 7.02. The summed E-state index contributed by atoms with van der Waals surface area (Å²) in [5, 5.41) is 18.9. The Morgan fingerprint density at radius 2 is 2.13 bits per heavy atom. The van der Waals surface area contributed by atoms with Crippen LogP contribution in [0.5, 0.6) is 5.75 Å². The average molecular weight is 271 g/mol. The number of rotatable bonds is 1. The highest BCUT2D eigenvalue weighted by Crippen LogP contribution is 2.37. The van der Waals surface area contributed by atoms with E-state index in [-0.39, 0.29) is 22.5 Å². The number of benzene rings is 1. The summed E-state index contributed by atoms with van der Waals surface area (Å²) < 4.78 is 5.68. The van der Waals surface area contributed by atoms with Gasteiger partial charge in [-0.25, -0.2) is 4.79 Å². The van der Waals surface area contributed by atoms with Crippen molar-refractivity contribution >= 4 is 32.9 Å². The molecule has 15 heavy (non-hydrogen) atoms. The molecule has 0 aliphatic carbocycles. The zero-order chi connectivity index (χ0) is 11.2. The van der Waals surface area contributed by atoms with Crippen molar-refractivity contribution in [3.05, 3.63) is 27.9 Å². The largest absolute Gasteiger partial charge is 0.506 e. The minimum absolute atomic E-state index is 0.00352. The predicted octanol–water partition coefficient (Wildman–Crippen LogP) is 2.91. The van der Waals surface area contributed by atoms with Gasteiger partial charge in [0, 0.05) is 0 Å². The van der Waals surface area contributed by atoms with Gasteiger partial charge in [0.15, 0.2) is 0 Å². The molecular formula is C10H7BrO4. The van der Waals surface area contributed by atoms with Crippen molar-refractivity contribution in [1.82, 2.24) is 0 Å². The molecule has 0 aliphatic heterocycles. The second-order valence-corrected chi connectivity index (χ2v) is 3.96. The predicted molar refractivity (Wildman–Crippen MR) is 57.3 cm³/mol. The third-order valence-electron chi connectivity index (χ3n) is 2.17. The van der Waals surface area contributed by atoms with Gasteiger partial charge in [0.2, 0.25) is 0 Å². The maximum Gasteiger partial charge on any atom is 0.340 e. The Kier molecular flexibility index (Phi) is 2.19. The quantitative estimate of drug-likeness (QED) is 0.836. The summed E-state index contributed by atoms with van der Waals surface area (Å²) >= 11 is 3.12. The lowest BCUT2D eigenvalue weighted by atomic mass is 10.1. The molecule has 1 aromatic heterocycles. The fraction of sp³-hybridized carbons (Fsp3) is 0.100. The van der Waals surface area contributed by atoms with Gasteiger partial charge in [-0.15, -0.1) is 0 Å². The van der Waals surface area contributed by atoms with Gasteiger partial charge in [0.05, 0.1) is 9.86 Å². The normalized spacial score (nSPS) is 10.8. The van der Waals surface area contributed by atoms with Gasteiger partial charge in [0.1, 0.15) is 22.7 Å². The number of aromatic carboxylic acids is 1. The molecule has 0 bridgehead atoms. The number of halogens is 1. The van der Waals surface area contributed by atoms with Gasteiger partial charge in [-0.05, 0) is 35.0 Å². The number of aryl methyl sites for hydroxylation is 1. The second kappa shape index (κ2) is 3.27. The van der Waals surface area contributed by atoms with E-state index in [0.29, 0.717) is 10.1 Å². The zero-order valence-corrected chi connectivity index (χ0v) is 9.33. The lowest BCUT2D eigenvalue weighted by Crippen LogP contribution is -1.96. The van der Waals surface area contributed by atoms with E-state index in [1.807, 2.05) is 0 Å². The number of hydrogen-bond acceptors (Lipinski definition) is 3. The van der Waals surface area contributed by atoms with Gasteiger partial charge in [-0.3, -0.25) is 0 Å². The molecular weight excluding hydrogens is 264 g/mol. The first-order valence-electron chi connectivity index (χ1n) is 4.16. The third-order valence-corrected chi connectivity index (χ3v) is 2.81. The summed E-state index contributed by atoms with van der Waals surface area (Å²) in [7, 11) is 0. The molecule has 0 saturated carbocycles. The monoisotopic (exact) mass is 270 g/mol. The zero-order valence-electron chi connectivity index (χ0n) is 7.74. The van der Waals surface area contributed by atoms with Crippen molar-refractivity contribution < 1.29 is 19.4 Å². The summed E-state index contributed by atoms with van der Waals surface area (Å²) in [6.45, 7) is 1.55. The number of carbonyl (C=O) groups is 1. The highest BCUT2D eigenvalue weighted by molar-refractivity contribution is 9.10. The minimum atomic E-state index is -1.11. The maximum absolute atomic E-state index is 11.0. The number of furan rings is 1. The van der Waals surface area contributed by atoms with Crippen LogP contribution in [0.4, 0.5) is 0 Å². The van der Waals surface area contributed by atoms with Crippen molar-refractivity contribution in [3.63, 3.8) is 0 Å². The number of fused-ring (bicyclic) bond motifs is 1. The van der Waals surface area contributed by atoms with Gasteiger partial charge < -0.3 is 14.6 Å². The first-order valence-corrected chi connectivity index (χ1v) is 4.95. The number of phenolic OH excluding ortho intramolecular Hbond substituents is 1. The fourth-order valence-electron chi connectivity index (χ4n) is 1.52. The number of carboxylic acid groups (broad SMARTS) is 1. The highest BCUT2D eigenvalue weighted by atomic mass is 79.9. The van der Waals surface area contributed by atoms with E-state index in [0.717, 1.165) is 0 Å². The van der Waals surface area contributed by atoms with Crippen LogP contribution in [0.1, 0.15) is 16.1 Å². The second-order valence-electron chi connectivity index (χ2n) is 3.11. The molecule has 1 aromatic carbocycles. The van der Waals surface area contributed by atoms with Gasteiger partial charge >= 0.3 is 5.97 Å². The summed E-state index contributed by atoms with van der Waals surface area (Å²) in [5.74, 6) is -0.938. The van der Waals surface area contributed by atoms with Gasteiger partial charge in [-0.2, -0.15) is 0 Å². The molecule has 2 rings (SSSR count). The Morgan fingerprint density at radius 3 is 2.73 bits per heavy atom. The molecule has 4 nitrogen and oxygen atoms in total. The van der Waals surface area contributed by atoms with E-state index >= 15 is 0 Å². The Balaban J connectivity index is 2.96. The van der Waals surface area contributed by atoms with Crippen molar-refractivity contribution in [1.29, 1.82) is 0 Å². The molecule has 78 valence electrons. The van der Waals surface area contributed by atoms with E-state index < -0.39 is 5.97 Å². The van der Waals surface area contributed by atoms with Gasteiger partial charge in [-0.1, -0.05) is 0 Å². The van der Waals surface area contributed by atoms with Crippen LogP contribution < -0.4 is 0 Å². The molecule has 1 heterocycles. The average Bonchev–Trinajstić information content (AvgIpc) is 2.49. The Hall–Kier alpha value is -1.49. The van der Waals surface area contributed by atoms with Crippen LogP contribution in [0.3, 0.4) is 0 Å². The molecule has 0 aliphatic rings. The van der Waals surface area contributed by atoms with Gasteiger partial charge in [0.25, 0.3) is 0 Å². The molecule has 0 unspecified atom stereocenters. The van der Waals surface area contributed by atoms with Crippen LogP contribution in [-0.4, -0.2) is 16.2 Å². The van der Waals surface area contributed by atoms with E-state index in [9.17, 15) is 9.90 Å². The number of phenols is 1. The molecule has 0 spiro atoms. The van der Waals surface area contributed by atoms with E-state index in [1.165, 1.54) is 0 Å². The summed E-state index contributed by atoms with van der Waals surface area (Å²) in [4.78, 5) is 11.0. The first kappa shape index (κ1) is 10.0. The Bertz CT molecular complexity index is 556. The lowest BCUT2D eigenvalue weighted by molar-refractivity contribution is 0.0696. The highest BCUT2D eigenvalue weighted by Gasteiger charge is 2.21. The number of carboxylic acids is 1. The molecule has 0 atom stereocenters. The maximum atomic E-state index is 11.0. The summed E-state index contributed by atoms with van der Waals surface area (Å²) in [6, 6.07) is 3.21. The van der Waals surface area contributed by atoms with Crippen LogP contribution in [-0.2, 0) is 0 Å². The van der Waals surface area contributed by atoms with Crippen LogP contribution in [0.2, 0.25) is 0 Å². The Labute approximate surface area is 93.3 Å². The van der Waals surface area contributed by atoms with Crippen molar-refractivity contribution in [2.24, 2.45) is 0 Å². The molecule has 0 radical (unpaired) electrons. The molecule has 2 aromatic rings. The molecule has 0 saturated heterocycles. The SMILES string of the molecule is Cc1oc2ccc(Br)c(O)c2c1C(=O)O. The van der Waals surface area contributed by atoms with E-state index in [4.69, 9.17) is 9.52 Å². The van der Waals surface area contributed by atoms with Crippen LogP contribution >= 0.6 is 15.9 Å². The lowest BCUT2D eigenvalue weighted by Gasteiger charge is -1.98. The third kappa shape index (κ3) is 1.39. The number of hydrogen-bond donors (Lipinski definition) is 2. The fourth-order valence-corrected chi connectivity index (χ4v) is 1.85. The smallest absolute Gasteiger partial charge is 0.340 e. The van der Waals surface area contributed by atoms with Crippen molar-refractivity contribution in [2.45, 2.75) is 6.92 Å². The van der Waals surface area contributed by atoms with E-state index in [1.54, 1.807) is 19.1 Å². The standard InChI is InChI=1S/C10H7BrO4/c1-4-7(10(13)14)8-6(15-4)3-2-5(11)9(8)12/h2-3,12H,1H3,(H,13,14). The van der Waals surface area contributed by atoms with Crippen LogP contribution in [0, 0.1) is 6.92 Å². The van der Waals surface area contributed by atoms with Crippen molar-refractivity contribution in [3.8, 4) is 5.75 Å². The molecule has 5 heteroatoms.